The van der Waals surface area contributed by atoms with Gasteiger partial charge in [-0.05, 0) is 29.5 Å². The third kappa shape index (κ3) is 3.83. The van der Waals surface area contributed by atoms with Crippen LogP contribution >= 0.6 is 23.5 Å². The van der Waals surface area contributed by atoms with Crippen LogP contribution in [0.15, 0.2) is 53.2 Å². The largest absolute Gasteiger partial charge is 0.454 e. The monoisotopic (exact) mass is 400 g/mol. The van der Waals surface area contributed by atoms with Gasteiger partial charge in [0.15, 0.2) is 11.5 Å². The van der Waals surface area contributed by atoms with E-state index in [0.717, 1.165) is 17.3 Å². The highest BCUT2D eigenvalue weighted by Crippen LogP contribution is 2.40. The van der Waals surface area contributed by atoms with Crippen LogP contribution < -0.4 is 9.47 Å². The zero-order chi connectivity index (χ0) is 18.8. The van der Waals surface area contributed by atoms with Gasteiger partial charge in [0.1, 0.15) is 10.1 Å². The lowest BCUT2D eigenvalue weighted by Crippen LogP contribution is -1.94. The lowest BCUT2D eigenvalue weighted by atomic mass is 10.1. The Hall–Kier alpha value is -2.78. The molecule has 0 atom stereocenters. The van der Waals surface area contributed by atoms with E-state index in [1.165, 1.54) is 30.0 Å². The van der Waals surface area contributed by atoms with Crippen molar-refractivity contribution in [2.45, 2.75) is 5.75 Å². The molecule has 0 spiro atoms. The number of nitrogens with zero attached hydrogens (tertiary/aromatic N) is 2. The first-order chi connectivity index (χ1) is 13.1. The molecule has 2 aromatic rings. The quantitative estimate of drug-likeness (QED) is 0.431. The Morgan fingerprint density at radius 3 is 2.70 bits per heavy atom. The standard InChI is InChI=1S/C18H12N2O5S2/c21-17-13(19-18(27-17)26-9-11-4-2-1-3-5-11)6-12-7-15-16(25-10-24-15)8-14(12)20(22)23/h1-8H,9-10H2. The first-order valence-electron chi connectivity index (χ1n) is 7.87. The molecule has 0 bridgehead atoms. The normalized spacial score (nSPS) is 16.7. The first kappa shape index (κ1) is 17.6. The minimum atomic E-state index is -0.518. The van der Waals surface area contributed by atoms with Crippen LogP contribution in [-0.2, 0) is 10.5 Å². The van der Waals surface area contributed by atoms with Crippen molar-refractivity contribution in [2.75, 3.05) is 6.79 Å². The topological polar surface area (TPSA) is 91.0 Å². The van der Waals surface area contributed by atoms with E-state index in [1.807, 2.05) is 30.3 Å². The second kappa shape index (κ2) is 7.45. The maximum Gasteiger partial charge on any atom is 0.280 e. The lowest BCUT2D eigenvalue weighted by Gasteiger charge is -2.01. The average molecular weight is 400 g/mol. The molecule has 2 heterocycles. The Morgan fingerprint density at radius 2 is 1.96 bits per heavy atom. The molecule has 2 aliphatic rings. The Kier molecular flexibility index (Phi) is 4.87. The third-order valence-corrected chi connectivity index (χ3v) is 5.90. The maximum absolute atomic E-state index is 12.3. The van der Waals surface area contributed by atoms with Gasteiger partial charge in [-0.25, -0.2) is 4.99 Å². The van der Waals surface area contributed by atoms with Gasteiger partial charge in [-0.1, -0.05) is 42.1 Å². The molecule has 0 N–H and O–H groups in total. The summed E-state index contributed by atoms with van der Waals surface area (Å²) in [5.41, 5.74) is 1.40. The van der Waals surface area contributed by atoms with Gasteiger partial charge in [0.2, 0.25) is 11.9 Å². The molecule has 7 nitrogen and oxygen atoms in total. The summed E-state index contributed by atoms with van der Waals surface area (Å²) in [7, 11) is 0. The van der Waals surface area contributed by atoms with Crippen LogP contribution in [0.2, 0.25) is 0 Å². The van der Waals surface area contributed by atoms with Crippen LogP contribution in [0.5, 0.6) is 11.5 Å². The number of benzene rings is 2. The van der Waals surface area contributed by atoms with E-state index < -0.39 is 4.92 Å². The summed E-state index contributed by atoms with van der Waals surface area (Å²) < 4.78 is 11.1. The highest BCUT2D eigenvalue weighted by molar-refractivity contribution is 8.45. The van der Waals surface area contributed by atoms with Crippen LogP contribution in [0.25, 0.3) is 6.08 Å². The minimum absolute atomic E-state index is 0.0136. The predicted molar refractivity (Wildman–Crippen MR) is 105 cm³/mol. The molecule has 2 aromatic carbocycles. The molecule has 27 heavy (non-hydrogen) atoms. The van der Waals surface area contributed by atoms with Crippen molar-refractivity contribution in [3.8, 4) is 11.5 Å². The molecule has 0 unspecified atom stereocenters. The number of nitro benzene ring substituents is 1. The Labute approximate surface area is 162 Å². The van der Waals surface area contributed by atoms with Gasteiger partial charge in [0.05, 0.1) is 16.6 Å². The molecular weight excluding hydrogens is 388 g/mol. The van der Waals surface area contributed by atoms with Gasteiger partial charge < -0.3 is 9.47 Å². The summed E-state index contributed by atoms with van der Waals surface area (Å²) in [6, 6.07) is 12.7. The fourth-order valence-corrected chi connectivity index (χ4v) is 4.34. The van der Waals surface area contributed by atoms with Crippen molar-refractivity contribution in [3.63, 3.8) is 0 Å². The van der Waals surface area contributed by atoms with Crippen LogP contribution in [0.3, 0.4) is 0 Å². The van der Waals surface area contributed by atoms with E-state index in [9.17, 15) is 14.9 Å². The molecule has 0 fully saturated rings. The molecule has 0 saturated carbocycles. The average Bonchev–Trinajstić information content (AvgIpc) is 3.26. The lowest BCUT2D eigenvalue weighted by molar-refractivity contribution is -0.385. The van der Waals surface area contributed by atoms with Crippen molar-refractivity contribution in [1.82, 2.24) is 0 Å². The van der Waals surface area contributed by atoms with Crippen molar-refractivity contribution in [2.24, 2.45) is 4.99 Å². The Balaban J connectivity index is 1.59. The zero-order valence-corrected chi connectivity index (χ0v) is 15.4. The number of rotatable bonds is 4. The Morgan fingerprint density at radius 1 is 1.22 bits per heavy atom. The number of carbonyl (C=O) groups is 1. The molecular formula is C18H12N2O5S2. The smallest absolute Gasteiger partial charge is 0.280 e. The Bertz CT molecular complexity index is 989. The van der Waals surface area contributed by atoms with Gasteiger partial charge in [-0.15, -0.1) is 0 Å². The molecule has 0 saturated heterocycles. The third-order valence-electron chi connectivity index (χ3n) is 3.82. The number of nitro groups is 1. The predicted octanol–water partition coefficient (Wildman–Crippen LogP) is 4.23. The fraction of sp³-hybridized carbons (Fsp3) is 0.111. The van der Waals surface area contributed by atoms with E-state index in [4.69, 9.17) is 9.47 Å². The van der Waals surface area contributed by atoms with Crippen LogP contribution in [0, 0.1) is 10.1 Å². The molecule has 2 aliphatic heterocycles. The van der Waals surface area contributed by atoms with Crippen molar-refractivity contribution in [1.29, 1.82) is 0 Å². The number of carbonyl (C=O) groups excluding carboxylic acids is 1. The SMILES string of the molecule is O=C1SC(SCc2ccccc2)=NC1=Cc1cc2c(cc1[N+](=O)[O-])OCO2. The van der Waals surface area contributed by atoms with E-state index in [0.29, 0.717) is 21.6 Å². The van der Waals surface area contributed by atoms with E-state index in [-0.39, 0.29) is 28.9 Å². The number of hydrogen-bond acceptors (Lipinski definition) is 8. The number of hydrogen-bond donors (Lipinski definition) is 0. The second-order valence-electron chi connectivity index (χ2n) is 5.59. The minimum Gasteiger partial charge on any atom is -0.454 e. The van der Waals surface area contributed by atoms with Crippen LogP contribution in [0.1, 0.15) is 11.1 Å². The molecule has 0 radical (unpaired) electrons. The number of thioether (sulfide) groups is 2. The number of ether oxygens (including phenoxy) is 2. The van der Waals surface area contributed by atoms with Crippen molar-refractivity contribution < 1.29 is 19.2 Å². The zero-order valence-electron chi connectivity index (χ0n) is 13.8. The maximum atomic E-state index is 12.3. The van der Waals surface area contributed by atoms with Gasteiger partial charge in [0, 0.05) is 5.75 Å². The highest BCUT2D eigenvalue weighted by atomic mass is 32.2. The summed E-state index contributed by atoms with van der Waals surface area (Å²) in [6.07, 6.45) is 1.42. The van der Waals surface area contributed by atoms with Crippen LogP contribution in [0.4, 0.5) is 5.69 Å². The van der Waals surface area contributed by atoms with Crippen molar-refractivity contribution >= 4 is 44.8 Å². The summed E-state index contributed by atoms with van der Waals surface area (Å²) in [4.78, 5) is 27.4. The van der Waals surface area contributed by atoms with E-state index in [2.05, 4.69) is 4.99 Å². The molecule has 0 aromatic heterocycles. The van der Waals surface area contributed by atoms with Gasteiger partial charge in [-0.3, -0.25) is 14.9 Å². The first-order valence-corrected chi connectivity index (χ1v) is 9.68. The second-order valence-corrected chi connectivity index (χ2v) is 7.78. The number of fused-ring (bicyclic) bond motifs is 1. The van der Waals surface area contributed by atoms with E-state index >= 15 is 0 Å². The summed E-state index contributed by atoms with van der Waals surface area (Å²) in [6.45, 7) is 0.0136. The molecule has 0 aliphatic carbocycles. The molecule has 136 valence electrons. The molecule has 4 rings (SSSR count). The molecule has 0 amide bonds. The fourth-order valence-electron chi connectivity index (χ4n) is 2.54. The van der Waals surface area contributed by atoms with E-state index in [1.54, 1.807) is 0 Å². The van der Waals surface area contributed by atoms with Gasteiger partial charge in [-0.2, -0.15) is 0 Å². The summed E-state index contributed by atoms with van der Waals surface area (Å²) >= 11 is 2.49. The van der Waals surface area contributed by atoms with Crippen molar-refractivity contribution in [3.05, 3.63) is 69.4 Å². The molecule has 9 heteroatoms. The highest BCUT2D eigenvalue weighted by Gasteiger charge is 2.26. The number of aliphatic imine (C=N–C) groups is 1. The van der Waals surface area contributed by atoms with Gasteiger partial charge in [0.25, 0.3) is 5.69 Å². The summed E-state index contributed by atoms with van der Waals surface area (Å²) in [5, 5.41) is 11.1. The summed E-state index contributed by atoms with van der Waals surface area (Å²) in [5.74, 6) is 1.42. The van der Waals surface area contributed by atoms with Crippen LogP contribution in [-0.4, -0.2) is 21.2 Å². The van der Waals surface area contributed by atoms with Gasteiger partial charge >= 0.3 is 0 Å².